The van der Waals surface area contributed by atoms with Crippen LogP contribution >= 0.6 is 0 Å². The van der Waals surface area contributed by atoms with E-state index in [0.29, 0.717) is 0 Å². The van der Waals surface area contributed by atoms with Gasteiger partial charge >= 0.3 is 6.18 Å². The van der Waals surface area contributed by atoms with Crippen molar-refractivity contribution in [2.45, 2.75) is 18.7 Å². The molecule has 0 saturated heterocycles. The Labute approximate surface area is 49.9 Å². The van der Waals surface area contributed by atoms with Crippen molar-refractivity contribution in [1.29, 1.82) is 0 Å². The maximum absolute atomic E-state index is 11.3. The van der Waals surface area contributed by atoms with Crippen molar-refractivity contribution in [3.8, 4) is 0 Å². The topological polar surface area (TPSA) is 40.5 Å². The van der Waals surface area contributed by atoms with Crippen LogP contribution < -0.4 is 0 Å². The smallest absolute Gasteiger partial charge is 0.396 e. The monoisotopic (exact) mass is 144 g/mol. The van der Waals surface area contributed by atoms with Gasteiger partial charge in [-0.15, -0.1) is 0 Å². The zero-order valence-electron chi connectivity index (χ0n) is 4.52. The van der Waals surface area contributed by atoms with Gasteiger partial charge in [0.25, 0.3) is 0 Å². The van der Waals surface area contributed by atoms with Crippen molar-refractivity contribution in [1.82, 2.24) is 0 Å². The van der Waals surface area contributed by atoms with E-state index in [4.69, 9.17) is 10.2 Å². The average molecular weight is 144 g/mol. The van der Waals surface area contributed by atoms with E-state index in [0.717, 1.165) is 0 Å². The summed E-state index contributed by atoms with van der Waals surface area (Å²) in [6.45, 7) is -0.652. The first kappa shape index (κ1) is 8.71. The first-order valence-electron chi connectivity index (χ1n) is 2.34. The summed E-state index contributed by atoms with van der Waals surface area (Å²) in [5.41, 5.74) is 0. The van der Waals surface area contributed by atoms with Crippen molar-refractivity contribution >= 4 is 0 Å². The Morgan fingerprint density at radius 3 is 1.89 bits per heavy atom. The minimum absolute atomic E-state index is 0.649. The van der Waals surface area contributed by atoms with Gasteiger partial charge in [0.2, 0.25) is 0 Å². The van der Waals surface area contributed by atoms with Gasteiger partial charge in [-0.1, -0.05) is 0 Å². The van der Waals surface area contributed by atoms with Crippen LogP contribution in [0.4, 0.5) is 13.2 Å². The molecule has 0 amide bonds. The molecule has 0 spiro atoms. The van der Waals surface area contributed by atoms with Gasteiger partial charge in [0.05, 0.1) is 0 Å². The zero-order valence-corrected chi connectivity index (χ0v) is 4.52. The molecule has 1 unspecified atom stereocenters. The third kappa shape index (κ3) is 3.31. The van der Waals surface area contributed by atoms with E-state index < -0.39 is 25.3 Å². The molecule has 0 aliphatic heterocycles. The van der Waals surface area contributed by atoms with Crippen molar-refractivity contribution in [2.75, 3.05) is 6.61 Å². The Bertz CT molecular complexity index is 80.4. The van der Waals surface area contributed by atoms with Crippen LogP contribution in [0.2, 0.25) is 0 Å². The lowest BCUT2D eigenvalue weighted by Gasteiger charge is -2.11. The molecule has 0 heterocycles. The van der Waals surface area contributed by atoms with E-state index in [1.165, 1.54) is 0 Å². The molecule has 0 radical (unpaired) electrons. The second kappa shape index (κ2) is 3.03. The number of halogens is 3. The molecule has 0 aromatic carbocycles. The number of aliphatic hydroxyl groups is 2. The van der Waals surface area contributed by atoms with Crippen LogP contribution in [0, 0.1) is 0 Å². The van der Waals surface area contributed by atoms with Gasteiger partial charge in [0.15, 0.2) is 6.10 Å². The second-order valence-corrected chi connectivity index (χ2v) is 1.57. The van der Waals surface area contributed by atoms with Crippen LogP contribution in [-0.4, -0.2) is 29.1 Å². The van der Waals surface area contributed by atoms with Crippen LogP contribution in [0.25, 0.3) is 0 Å². The van der Waals surface area contributed by atoms with Crippen molar-refractivity contribution in [3.63, 3.8) is 0 Å². The third-order valence-corrected chi connectivity index (χ3v) is 0.780. The molecule has 2 nitrogen and oxygen atoms in total. The van der Waals surface area contributed by atoms with Crippen LogP contribution in [0.5, 0.6) is 0 Å². The molecule has 9 heavy (non-hydrogen) atoms. The molecule has 0 fully saturated rings. The van der Waals surface area contributed by atoms with Gasteiger partial charge in [0.1, 0.15) is 0 Å². The molecule has 1 atom stereocenters. The molecule has 56 valence electrons. The van der Waals surface area contributed by atoms with E-state index >= 15 is 0 Å². The Morgan fingerprint density at radius 1 is 1.33 bits per heavy atom. The molecule has 0 rings (SSSR count). The van der Waals surface area contributed by atoms with Crippen LogP contribution in [0.1, 0.15) is 6.42 Å². The molecule has 5 heteroatoms. The summed E-state index contributed by atoms with van der Waals surface area (Å²) in [7, 11) is 0. The SMILES string of the molecule is OCCC(O)C(F)(F)F. The highest BCUT2D eigenvalue weighted by molar-refractivity contribution is 4.63. The van der Waals surface area contributed by atoms with Crippen LogP contribution in [-0.2, 0) is 0 Å². The van der Waals surface area contributed by atoms with Gasteiger partial charge in [-0.2, -0.15) is 13.2 Å². The van der Waals surface area contributed by atoms with Gasteiger partial charge in [-0.05, 0) is 0 Å². The molecule has 0 aromatic rings. The molecule has 0 aliphatic carbocycles. The van der Waals surface area contributed by atoms with Gasteiger partial charge < -0.3 is 10.2 Å². The van der Waals surface area contributed by atoms with Gasteiger partial charge in [0, 0.05) is 13.0 Å². The summed E-state index contributed by atoms with van der Waals surface area (Å²) in [5, 5.41) is 16.0. The number of rotatable bonds is 2. The average Bonchev–Trinajstić information content (AvgIpc) is 1.64. The molecule has 2 N–H and O–H groups in total. The molecule has 0 saturated carbocycles. The summed E-state index contributed by atoms with van der Waals surface area (Å²) < 4.78 is 33.8. The number of hydrogen-bond acceptors (Lipinski definition) is 2. The van der Waals surface area contributed by atoms with Crippen molar-refractivity contribution in [3.05, 3.63) is 0 Å². The van der Waals surface area contributed by atoms with Crippen LogP contribution in [0.15, 0.2) is 0 Å². The Morgan fingerprint density at radius 2 is 1.78 bits per heavy atom. The maximum Gasteiger partial charge on any atom is 0.414 e. The van der Waals surface area contributed by atoms with Crippen LogP contribution in [0.3, 0.4) is 0 Å². The fourth-order valence-corrected chi connectivity index (χ4v) is 0.286. The lowest BCUT2D eigenvalue weighted by atomic mass is 10.2. The van der Waals surface area contributed by atoms with E-state index in [9.17, 15) is 13.2 Å². The predicted molar refractivity (Wildman–Crippen MR) is 23.8 cm³/mol. The molecular weight excluding hydrogens is 137 g/mol. The normalized spacial score (nSPS) is 15.7. The minimum atomic E-state index is -4.59. The highest BCUT2D eigenvalue weighted by Gasteiger charge is 2.37. The summed E-state index contributed by atoms with van der Waals surface area (Å²) >= 11 is 0. The number of aliphatic hydroxyl groups excluding tert-OH is 2. The fraction of sp³-hybridized carbons (Fsp3) is 1.00. The largest absolute Gasteiger partial charge is 0.414 e. The second-order valence-electron chi connectivity index (χ2n) is 1.57. The molecule has 0 aliphatic rings. The number of alkyl halides is 3. The first-order chi connectivity index (χ1) is 3.98. The predicted octanol–water partition coefficient (Wildman–Crippen LogP) is 0.292. The highest BCUT2D eigenvalue weighted by atomic mass is 19.4. The third-order valence-electron chi connectivity index (χ3n) is 0.780. The number of hydrogen-bond donors (Lipinski definition) is 2. The summed E-state index contributed by atoms with van der Waals surface area (Å²) in [4.78, 5) is 0. The van der Waals surface area contributed by atoms with E-state index in [1.807, 2.05) is 0 Å². The summed E-state index contributed by atoms with van der Waals surface area (Å²) in [6, 6.07) is 0. The highest BCUT2D eigenvalue weighted by Crippen LogP contribution is 2.21. The molecular formula is C4H7F3O2. The lowest BCUT2D eigenvalue weighted by molar-refractivity contribution is -0.207. The molecule has 0 aromatic heterocycles. The summed E-state index contributed by atoms with van der Waals surface area (Å²) in [6.07, 6.45) is -7.63. The lowest BCUT2D eigenvalue weighted by Crippen LogP contribution is -2.29. The summed E-state index contributed by atoms with van der Waals surface area (Å²) in [5.74, 6) is 0. The zero-order chi connectivity index (χ0) is 7.49. The van der Waals surface area contributed by atoms with E-state index in [2.05, 4.69) is 0 Å². The van der Waals surface area contributed by atoms with Crippen molar-refractivity contribution in [2.24, 2.45) is 0 Å². The first-order valence-corrected chi connectivity index (χ1v) is 2.34. The van der Waals surface area contributed by atoms with Gasteiger partial charge in [-0.3, -0.25) is 0 Å². The quantitative estimate of drug-likeness (QED) is 0.584. The maximum atomic E-state index is 11.3. The Hall–Kier alpha value is -0.290. The Balaban J connectivity index is 3.59. The standard InChI is InChI=1S/C4H7F3O2/c5-4(6,7)3(9)1-2-8/h3,8-9H,1-2H2. The fourth-order valence-electron chi connectivity index (χ4n) is 0.286. The van der Waals surface area contributed by atoms with E-state index in [1.54, 1.807) is 0 Å². The minimum Gasteiger partial charge on any atom is -0.396 e. The van der Waals surface area contributed by atoms with Crippen molar-refractivity contribution < 1.29 is 23.4 Å². The van der Waals surface area contributed by atoms with E-state index in [-0.39, 0.29) is 0 Å². The molecule has 0 bridgehead atoms. The Kier molecular flexibility index (Phi) is 2.93. The van der Waals surface area contributed by atoms with Gasteiger partial charge in [-0.25, -0.2) is 0 Å².